The van der Waals surface area contributed by atoms with E-state index >= 15 is 8.78 Å². The predicted molar refractivity (Wildman–Crippen MR) is 192 cm³/mol. The number of hydrogen-bond donors (Lipinski definition) is 2. The van der Waals surface area contributed by atoms with E-state index in [0.29, 0.717) is 11.1 Å². The highest BCUT2D eigenvalue weighted by Gasteiger charge is 2.19. The normalized spacial score (nSPS) is 10.4. The molecule has 0 aromatic heterocycles. The van der Waals surface area contributed by atoms with Gasteiger partial charge in [-0.3, -0.25) is 0 Å². The molecule has 0 fully saturated rings. The van der Waals surface area contributed by atoms with Gasteiger partial charge in [-0.25, -0.2) is 35.9 Å². The average molecular weight is 765 g/mol. The van der Waals surface area contributed by atoms with Gasteiger partial charge in [0.25, 0.3) is 0 Å². The van der Waals surface area contributed by atoms with Crippen molar-refractivity contribution >= 4 is 11.9 Å². The molecule has 8 nitrogen and oxygen atoms in total. The first-order chi connectivity index (χ1) is 26.8. The van der Waals surface area contributed by atoms with Crippen molar-refractivity contribution in [3.05, 3.63) is 177 Å². The molecule has 0 unspecified atom stereocenters. The Labute approximate surface area is 315 Å². The van der Waals surface area contributed by atoms with Crippen LogP contribution in [0.15, 0.2) is 109 Å². The molecule has 0 saturated heterocycles. The van der Waals surface area contributed by atoms with Crippen molar-refractivity contribution in [3.8, 4) is 45.9 Å². The van der Waals surface area contributed by atoms with E-state index in [9.17, 15) is 27.2 Å². The van der Waals surface area contributed by atoms with E-state index in [2.05, 4.69) is 11.5 Å². The zero-order valence-electron chi connectivity index (χ0n) is 28.8. The van der Waals surface area contributed by atoms with Gasteiger partial charge in [-0.2, -0.15) is 10.5 Å². The number of nitrogens with two attached hydrogens (primary N) is 2. The lowest BCUT2D eigenvalue weighted by Crippen LogP contribution is -2.12. The van der Waals surface area contributed by atoms with Crippen LogP contribution in [-0.2, 0) is 6.42 Å². The molecule has 0 saturated carbocycles. The molecule has 0 aliphatic carbocycles. The summed E-state index contributed by atoms with van der Waals surface area (Å²) in [7, 11) is 0. The number of nitrogens with zero attached hydrogens (tertiary/aromatic N) is 2. The van der Waals surface area contributed by atoms with Crippen LogP contribution >= 0.6 is 0 Å². The molecule has 6 aromatic rings. The van der Waals surface area contributed by atoms with Crippen molar-refractivity contribution in [2.75, 3.05) is 6.67 Å². The summed E-state index contributed by atoms with van der Waals surface area (Å²) >= 11 is 0. The Morgan fingerprint density at radius 1 is 0.500 bits per heavy atom. The van der Waals surface area contributed by atoms with Gasteiger partial charge < -0.3 is 20.9 Å². The van der Waals surface area contributed by atoms with E-state index in [-0.39, 0.29) is 58.0 Å². The van der Waals surface area contributed by atoms with E-state index in [4.69, 9.17) is 20.0 Å². The monoisotopic (exact) mass is 764 g/mol. The highest BCUT2D eigenvalue weighted by molar-refractivity contribution is 5.92. The first-order valence-corrected chi connectivity index (χ1v) is 16.3. The molecule has 0 heterocycles. The topological polar surface area (TPSA) is 152 Å². The maximum Gasteiger partial charge on any atom is 0.346 e. The molecule has 56 heavy (non-hydrogen) atoms. The molecule has 0 amide bonds. The Kier molecular flexibility index (Phi) is 12.6. The molecule has 0 spiro atoms. The molecular formula is C42H26F6N4O4. The van der Waals surface area contributed by atoms with Gasteiger partial charge in [0, 0.05) is 29.9 Å². The van der Waals surface area contributed by atoms with Crippen LogP contribution in [0.3, 0.4) is 0 Å². The molecule has 6 aromatic carbocycles. The fourth-order valence-electron chi connectivity index (χ4n) is 5.36. The summed E-state index contributed by atoms with van der Waals surface area (Å²) in [6.45, 7) is 0.250. The summed E-state index contributed by atoms with van der Waals surface area (Å²) in [6, 6.07) is 24.3. The number of rotatable bonds is 8. The van der Waals surface area contributed by atoms with Crippen LogP contribution in [0.5, 0.6) is 11.5 Å². The second kappa shape index (κ2) is 17.7. The van der Waals surface area contributed by atoms with Gasteiger partial charge >= 0.3 is 11.9 Å². The van der Waals surface area contributed by atoms with Gasteiger partial charge in [0.1, 0.15) is 58.5 Å². The van der Waals surface area contributed by atoms with Gasteiger partial charge in [-0.1, -0.05) is 24.3 Å². The van der Waals surface area contributed by atoms with E-state index in [1.807, 2.05) is 0 Å². The number of halogens is 6. The molecule has 280 valence electrons. The zero-order chi connectivity index (χ0) is 40.5. The van der Waals surface area contributed by atoms with Crippen LogP contribution in [0.2, 0.25) is 0 Å². The van der Waals surface area contributed by atoms with E-state index < -0.39 is 58.0 Å². The lowest BCUT2D eigenvalue weighted by Gasteiger charge is -2.10. The predicted octanol–water partition coefficient (Wildman–Crippen LogP) is 8.49. The van der Waals surface area contributed by atoms with Crippen molar-refractivity contribution < 1.29 is 45.4 Å². The Bertz CT molecular complexity index is 2390. The van der Waals surface area contributed by atoms with Gasteiger partial charge in [0.05, 0.1) is 22.3 Å². The quantitative estimate of drug-likeness (QED) is 0.0678. The molecule has 14 heteroatoms. The highest BCUT2D eigenvalue weighted by atomic mass is 19.1. The number of carbonyl (C=O) groups is 2. The number of nitriles is 2. The number of ether oxygens (including phenoxy) is 2. The highest BCUT2D eigenvalue weighted by Crippen LogP contribution is 2.30. The van der Waals surface area contributed by atoms with Crippen LogP contribution in [0.1, 0.15) is 43.0 Å². The standard InChI is InChI=1S/C41H20F6N2O4.CH6N2/c42-34-16-24(3-5-26(34)20-48)30-11-7-28(18-38(30)46)52-40(50)32-9-1-22(14-36(32)44)13-23-2-10-33(37(45)15-23)41(51)53-29-8-12-31(39(47)19-29)25-4-6-27(21-49)35(43)17-25;2-1-3/h1-12,14-19H,13H2;1-3H2. The molecule has 0 aliphatic rings. The van der Waals surface area contributed by atoms with Gasteiger partial charge in [0.2, 0.25) is 0 Å². The van der Waals surface area contributed by atoms with Gasteiger partial charge in [0.15, 0.2) is 0 Å². The minimum atomic E-state index is -1.13. The van der Waals surface area contributed by atoms with Crippen LogP contribution in [0.25, 0.3) is 22.3 Å². The first kappa shape index (κ1) is 39.9. The van der Waals surface area contributed by atoms with Crippen molar-refractivity contribution in [3.63, 3.8) is 0 Å². The Morgan fingerprint density at radius 3 is 1.21 bits per heavy atom. The molecule has 0 aliphatic heterocycles. The van der Waals surface area contributed by atoms with E-state index in [1.54, 1.807) is 12.1 Å². The van der Waals surface area contributed by atoms with Gasteiger partial charge in [-0.05, 0) is 101 Å². The summed E-state index contributed by atoms with van der Waals surface area (Å²) in [5, 5.41) is 17.8. The van der Waals surface area contributed by atoms with E-state index in [1.165, 1.54) is 60.7 Å². The lowest BCUT2D eigenvalue weighted by molar-refractivity contribution is 0.0719. The second-order valence-corrected chi connectivity index (χ2v) is 11.7. The third-order valence-corrected chi connectivity index (χ3v) is 8.02. The zero-order valence-corrected chi connectivity index (χ0v) is 28.8. The second-order valence-electron chi connectivity index (χ2n) is 11.7. The van der Waals surface area contributed by atoms with E-state index in [0.717, 1.165) is 48.5 Å². The number of carbonyl (C=O) groups excluding carboxylic acids is 2. The van der Waals surface area contributed by atoms with Crippen molar-refractivity contribution in [2.24, 2.45) is 11.5 Å². The molecule has 4 N–H and O–H groups in total. The molecule has 6 rings (SSSR count). The Hall–Kier alpha value is -7.26. The number of benzene rings is 6. The average Bonchev–Trinajstić information content (AvgIpc) is 3.15. The van der Waals surface area contributed by atoms with Crippen molar-refractivity contribution in [2.45, 2.75) is 6.42 Å². The number of esters is 2. The van der Waals surface area contributed by atoms with Crippen LogP contribution < -0.4 is 20.9 Å². The summed E-state index contributed by atoms with van der Waals surface area (Å²) < 4.78 is 97.9. The molecular weight excluding hydrogens is 738 g/mol. The van der Waals surface area contributed by atoms with Crippen molar-refractivity contribution in [1.29, 1.82) is 10.5 Å². The maximum atomic E-state index is 15.0. The SMILES string of the molecule is N#Cc1ccc(-c2ccc(OC(=O)c3ccc(Cc4ccc(C(=O)Oc5ccc(-c6ccc(C#N)c(F)c6)c(F)c5)c(F)c4)cc3F)cc2F)cc1F.NCN. The Morgan fingerprint density at radius 2 is 0.893 bits per heavy atom. The fraction of sp³-hybridized carbons (Fsp3) is 0.0476. The van der Waals surface area contributed by atoms with Gasteiger partial charge in [-0.15, -0.1) is 0 Å². The summed E-state index contributed by atoms with van der Waals surface area (Å²) in [5.41, 5.74) is 8.81. The Balaban J connectivity index is 0.00000194. The smallest absolute Gasteiger partial charge is 0.346 e. The third kappa shape index (κ3) is 9.26. The summed E-state index contributed by atoms with van der Waals surface area (Å²) in [6.07, 6.45) is -0.0102. The molecule has 0 radical (unpaired) electrons. The summed E-state index contributed by atoms with van der Waals surface area (Å²) in [4.78, 5) is 25.4. The minimum Gasteiger partial charge on any atom is -0.423 e. The lowest BCUT2D eigenvalue weighted by atomic mass is 10.0. The minimum absolute atomic E-state index is 0.0102. The first-order valence-electron chi connectivity index (χ1n) is 16.3. The maximum absolute atomic E-state index is 15.0. The van der Waals surface area contributed by atoms with Crippen LogP contribution in [0.4, 0.5) is 26.3 Å². The third-order valence-electron chi connectivity index (χ3n) is 8.02. The molecule has 0 atom stereocenters. The van der Waals surface area contributed by atoms with Crippen LogP contribution in [0, 0.1) is 57.6 Å². The van der Waals surface area contributed by atoms with Crippen LogP contribution in [-0.4, -0.2) is 18.6 Å². The fourth-order valence-corrected chi connectivity index (χ4v) is 5.36. The molecule has 0 bridgehead atoms. The number of hydrogen-bond acceptors (Lipinski definition) is 8. The largest absolute Gasteiger partial charge is 0.423 e. The van der Waals surface area contributed by atoms with Crippen molar-refractivity contribution in [1.82, 2.24) is 0 Å². The summed E-state index contributed by atoms with van der Waals surface area (Å²) in [5.74, 6) is -8.07.